The number of carbonyl (C=O) groups is 2. The number of hydrogen-bond donors (Lipinski definition) is 6. The third-order valence-corrected chi connectivity index (χ3v) is 11.4. The van der Waals surface area contributed by atoms with Crippen LogP contribution in [0.1, 0.15) is 168 Å². The van der Waals surface area contributed by atoms with E-state index in [1.54, 1.807) is 0 Å². The maximum absolute atomic E-state index is 12.7. The molecule has 0 aromatic carbocycles. The average Bonchev–Trinajstić information content (AvgIpc) is 3.25. The van der Waals surface area contributed by atoms with Crippen LogP contribution in [-0.2, 0) is 37.4 Å². The Balaban J connectivity index is 2.47. The van der Waals surface area contributed by atoms with Gasteiger partial charge in [0.2, 0.25) is 5.79 Å². The smallest absolute Gasteiger partial charge is 0.462 e. The largest absolute Gasteiger partial charge is 0.472 e. The number of allylic oxidation sites excluding steroid dienone is 8. The van der Waals surface area contributed by atoms with Crippen LogP contribution >= 0.6 is 7.82 Å². The van der Waals surface area contributed by atoms with E-state index < -0.39 is 63.2 Å². The van der Waals surface area contributed by atoms with Crippen LogP contribution in [0.2, 0.25) is 0 Å². The molecule has 1 heterocycles. The Kier molecular flexibility index (Phi) is 35.5. The van der Waals surface area contributed by atoms with Gasteiger partial charge in [0.1, 0.15) is 24.9 Å². The van der Waals surface area contributed by atoms with Gasteiger partial charge in [0.25, 0.3) is 0 Å². The summed E-state index contributed by atoms with van der Waals surface area (Å²) in [5, 5.41) is 42.6. The van der Waals surface area contributed by atoms with E-state index >= 15 is 0 Å². The molecule has 6 N–H and O–H groups in total. The molecule has 0 bridgehead atoms. The fourth-order valence-corrected chi connectivity index (χ4v) is 7.34. The first-order chi connectivity index (χ1) is 29.9. The van der Waals surface area contributed by atoms with Crippen LogP contribution in [0.4, 0.5) is 0 Å². The van der Waals surface area contributed by atoms with Gasteiger partial charge in [-0.1, -0.05) is 152 Å². The van der Waals surface area contributed by atoms with Gasteiger partial charge in [-0.25, -0.2) is 4.57 Å². The lowest BCUT2D eigenvalue weighted by molar-refractivity contribution is -0.317. The van der Waals surface area contributed by atoms with Crippen LogP contribution in [0.5, 0.6) is 0 Å². The Labute approximate surface area is 373 Å². The molecule has 62 heavy (non-hydrogen) atoms. The van der Waals surface area contributed by atoms with Gasteiger partial charge in [0.05, 0.1) is 26.4 Å². The van der Waals surface area contributed by atoms with E-state index in [9.17, 15) is 39.5 Å². The molecule has 0 radical (unpaired) electrons. The molecule has 1 rings (SSSR count). The van der Waals surface area contributed by atoms with Gasteiger partial charge < -0.3 is 44.8 Å². The number of nitrogens with one attached hydrogen (secondary N) is 1. The Morgan fingerprint density at radius 2 is 1.19 bits per heavy atom. The van der Waals surface area contributed by atoms with Gasteiger partial charge in [-0.2, -0.15) is 0 Å². The van der Waals surface area contributed by atoms with Gasteiger partial charge in [0.15, 0.2) is 6.10 Å². The molecular formula is C47H84NO13P. The fourth-order valence-electron chi connectivity index (χ4n) is 6.59. The summed E-state index contributed by atoms with van der Waals surface area (Å²) in [5.41, 5.74) is 0. The number of carbonyl (C=O) groups excluding carboxylic acids is 2. The first kappa shape index (κ1) is 57.8. The monoisotopic (exact) mass is 902 g/mol. The zero-order valence-electron chi connectivity index (χ0n) is 38.1. The molecule has 1 aliphatic rings. The van der Waals surface area contributed by atoms with Crippen molar-refractivity contribution >= 4 is 19.8 Å². The number of phosphoric acid groups is 1. The number of aliphatic hydroxyl groups excluding tert-OH is 3. The Morgan fingerprint density at radius 3 is 1.77 bits per heavy atom. The molecule has 0 spiro atoms. The lowest BCUT2D eigenvalue weighted by Crippen LogP contribution is -2.64. The molecule has 1 saturated heterocycles. The predicted octanol–water partition coefficient (Wildman–Crippen LogP) is 8.59. The summed E-state index contributed by atoms with van der Waals surface area (Å²) in [7, 11) is -4.67. The van der Waals surface area contributed by atoms with Crippen LogP contribution in [0, 0.1) is 0 Å². The number of hydrogen-bond acceptors (Lipinski definition) is 13. The maximum atomic E-state index is 12.7. The Morgan fingerprint density at radius 1 is 0.694 bits per heavy atom. The summed E-state index contributed by atoms with van der Waals surface area (Å²) >= 11 is 0. The van der Waals surface area contributed by atoms with Gasteiger partial charge in [-0.05, 0) is 51.4 Å². The van der Waals surface area contributed by atoms with Crippen molar-refractivity contribution in [3.05, 3.63) is 48.6 Å². The van der Waals surface area contributed by atoms with Crippen LogP contribution in [0.15, 0.2) is 48.6 Å². The van der Waals surface area contributed by atoms with Crippen LogP contribution in [0.25, 0.3) is 0 Å². The number of phosphoric ester groups is 1. The lowest BCUT2D eigenvalue weighted by Gasteiger charge is -2.41. The highest BCUT2D eigenvalue weighted by Gasteiger charge is 2.48. The lowest BCUT2D eigenvalue weighted by atomic mass is 9.97. The zero-order chi connectivity index (χ0) is 45.6. The highest BCUT2D eigenvalue weighted by Crippen LogP contribution is 2.43. The van der Waals surface area contributed by atoms with E-state index in [4.69, 9.17) is 23.3 Å². The number of aliphatic hydroxyl groups is 4. The van der Waals surface area contributed by atoms with Gasteiger partial charge >= 0.3 is 19.8 Å². The Bertz CT molecular complexity index is 1290. The number of rotatable bonds is 40. The van der Waals surface area contributed by atoms with Crippen molar-refractivity contribution in [2.75, 3.05) is 39.5 Å². The van der Waals surface area contributed by atoms with Crippen LogP contribution in [0.3, 0.4) is 0 Å². The molecular weight excluding hydrogens is 817 g/mol. The second-order valence-corrected chi connectivity index (χ2v) is 17.7. The zero-order valence-corrected chi connectivity index (χ0v) is 39.0. The molecule has 0 aromatic rings. The SMILES string of the molecule is CCCCC/C=C\C/C=C\C/C=C\C/C=C\CCCC(=O)O[C@H](COC(=O)CCCCCCCCCCCCCCC)COP(=O)(O)OCCNC[C@@]1(O)OC[C@@H](O)[C@@H](O)[C@@H]1O. The summed E-state index contributed by atoms with van der Waals surface area (Å²) in [5.74, 6) is -3.22. The van der Waals surface area contributed by atoms with Crippen molar-refractivity contribution in [3.63, 3.8) is 0 Å². The molecule has 15 heteroatoms. The molecule has 0 saturated carbocycles. The summed E-state index contributed by atoms with van der Waals surface area (Å²) in [6, 6.07) is 0. The number of ether oxygens (including phenoxy) is 3. The van der Waals surface area contributed by atoms with Gasteiger partial charge in [-0.15, -0.1) is 0 Å². The minimum absolute atomic E-state index is 0.0845. The maximum Gasteiger partial charge on any atom is 0.472 e. The van der Waals surface area contributed by atoms with Crippen molar-refractivity contribution in [2.24, 2.45) is 0 Å². The van der Waals surface area contributed by atoms with E-state index in [1.165, 1.54) is 77.0 Å². The molecule has 1 unspecified atom stereocenters. The predicted molar refractivity (Wildman–Crippen MR) is 243 cm³/mol. The highest BCUT2D eigenvalue weighted by molar-refractivity contribution is 7.47. The summed E-state index contributed by atoms with van der Waals surface area (Å²) in [6.45, 7) is 2.25. The third kappa shape index (κ3) is 31.6. The van der Waals surface area contributed by atoms with Crippen molar-refractivity contribution in [3.8, 4) is 0 Å². The second kappa shape index (κ2) is 38.1. The third-order valence-electron chi connectivity index (χ3n) is 10.4. The van der Waals surface area contributed by atoms with Crippen LogP contribution < -0.4 is 5.32 Å². The fraction of sp³-hybridized carbons (Fsp3) is 0.787. The topological polar surface area (TPSA) is 211 Å². The van der Waals surface area contributed by atoms with Crippen LogP contribution in [-0.4, -0.2) is 107 Å². The van der Waals surface area contributed by atoms with Crippen molar-refractivity contribution in [1.82, 2.24) is 5.32 Å². The number of unbranched alkanes of at least 4 members (excludes halogenated alkanes) is 16. The molecule has 1 aliphatic heterocycles. The van der Waals surface area contributed by atoms with E-state index in [0.29, 0.717) is 19.3 Å². The average molecular weight is 902 g/mol. The molecule has 0 aliphatic carbocycles. The molecule has 1 fully saturated rings. The van der Waals surface area contributed by atoms with E-state index in [0.717, 1.165) is 44.9 Å². The second-order valence-electron chi connectivity index (χ2n) is 16.2. The minimum atomic E-state index is -4.67. The van der Waals surface area contributed by atoms with Gasteiger partial charge in [-0.3, -0.25) is 18.6 Å². The minimum Gasteiger partial charge on any atom is -0.462 e. The quantitative estimate of drug-likeness (QED) is 0.0147. The van der Waals surface area contributed by atoms with E-state index in [-0.39, 0.29) is 39.1 Å². The van der Waals surface area contributed by atoms with Gasteiger partial charge in [0, 0.05) is 19.4 Å². The molecule has 6 atom stereocenters. The summed E-state index contributed by atoms with van der Waals surface area (Å²) < 4.78 is 38.7. The molecule has 0 amide bonds. The normalized spacial score (nSPS) is 21.0. The first-order valence-corrected chi connectivity index (χ1v) is 25.1. The Hall–Kier alpha value is -2.23. The van der Waals surface area contributed by atoms with E-state index in [2.05, 4.69) is 55.6 Å². The number of esters is 2. The summed E-state index contributed by atoms with van der Waals surface area (Å²) in [4.78, 5) is 35.6. The standard InChI is InChI=1S/C47H84NO13P/c1-3-5-7-9-11-13-15-17-18-19-20-22-24-26-28-30-32-34-44(51)61-41(37-57-43(50)33-31-29-27-25-23-21-16-14-12-10-8-6-4-2)38-60-62(55,56)59-36-35-48-40-47(54)46(53)45(52)42(49)39-58-47/h11,13,17-18,20,22,26,28,41-42,45-46,48-49,52-54H,3-10,12,14-16,19,21,23-25,27,29-40H2,1-2H3,(H,55,56)/b13-11-,18-17-,22-20-,28-26-/t41-,42-,45-,46+,47-/m1/s1. The highest BCUT2D eigenvalue weighted by atomic mass is 31.2. The molecule has 14 nitrogen and oxygen atoms in total. The van der Waals surface area contributed by atoms with Crippen molar-refractivity contribution in [1.29, 1.82) is 0 Å². The van der Waals surface area contributed by atoms with Crippen molar-refractivity contribution < 1.29 is 62.7 Å². The molecule has 360 valence electrons. The molecule has 0 aromatic heterocycles. The van der Waals surface area contributed by atoms with Crippen molar-refractivity contribution in [2.45, 2.75) is 198 Å². The summed E-state index contributed by atoms with van der Waals surface area (Å²) in [6.07, 6.45) is 35.5. The van der Waals surface area contributed by atoms with E-state index in [1.807, 2.05) is 12.2 Å². The first-order valence-electron chi connectivity index (χ1n) is 23.6.